The zero-order chi connectivity index (χ0) is 15.3. The fourth-order valence-corrected chi connectivity index (χ4v) is 1.71. The van der Waals surface area contributed by atoms with Gasteiger partial charge in [-0.2, -0.15) is 0 Å². The Bertz CT molecular complexity index is 463. The van der Waals surface area contributed by atoms with E-state index >= 15 is 0 Å². The Kier molecular flexibility index (Phi) is 9.10. The monoisotopic (exact) mass is 291 g/mol. The topological polar surface area (TPSA) is 39.7 Å². The van der Waals surface area contributed by atoms with Crippen LogP contribution in [0.25, 0.3) is 0 Å². The van der Waals surface area contributed by atoms with Crippen LogP contribution in [0.1, 0.15) is 25.8 Å². The van der Waals surface area contributed by atoms with Crippen LogP contribution >= 0.6 is 0 Å². The minimum atomic E-state index is 0.388. The summed E-state index contributed by atoms with van der Waals surface area (Å²) in [5.74, 6) is 7.38. The molecule has 0 heterocycles. The number of hydrogen-bond acceptors (Lipinski definition) is 4. The third kappa shape index (κ3) is 7.03. The van der Waals surface area contributed by atoms with E-state index in [9.17, 15) is 0 Å². The maximum atomic E-state index is 5.73. The van der Waals surface area contributed by atoms with Gasteiger partial charge in [-0.1, -0.05) is 18.9 Å². The normalized spacial score (nSPS) is 9.86. The zero-order valence-corrected chi connectivity index (χ0v) is 13.2. The fraction of sp³-hybridized carbons (Fsp3) is 0.529. The van der Waals surface area contributed by atoms with E-state index in [1.807, 2.05) is 18.2 Å². The summed E-state index contributed by atoms with van der Waals surface area (Å²) in [6.45, 7) is 7.21. The van der Waals surface area contributed by atoms with Crippen molar-refractivity contribution in [2.75, 3.05) is 33.5 Å². The van der Waals surface area contributed by atoms with Crippen molar-refractivity contribution in [2.45, 2.75) is 26.8 Å². The van der Waals surface area contributed by atoms with Crippen LogP contribution in [-0.2, 0) is 11.3 Å². The molecule has 1 rings (SSSR count). The van der Waals surface area contributed by atoms with Crippen molar-refractivity contribution >= 4 is 0 Å². The second-order valence-electron chi connectivity index (χ2n) is 4.50. The maximum Gasteiger partial charge on any atom is 0.149 e. The van der Waals surface area contributed by atoms with Crippen LogP contribution in [0.2, 0.25) is 0 Å². The molecule has 1 N–H and O–H groups in total. The van der Waals surface area contributed by atoms with Gasteiger partial charge in [0.1, 0.15) is 18.1 Å². The summed E-state index contributed by atoms with van der Waals surface area (Å²) < 4.78 is 16.4. The highest BCUT2D eigenvalue weighted by atomic mass is 16.5. The van der Waals surface area contributed by atoms with Gasteiger partial charge < -0.3 is 19.5 Å². The Balaban J connectivity index is 2.69. The smallest absolute Gasteiger partial charge is 0.149 e. The zero-order valence-electron chi connectivity index (χ0n) is 13.2. The maximum absolute atomic E-state index is 5.73. The third-order valence-corrected chi connectivity index (χ3v) is 2.79. The first-order chi connectivity index (χ1) is 10.3. The van der Waals surface area contributed by atoms with Crippen molar-refractivity contribution < 1.29 is 14.2 Å². The molecule has 0 bridgehead atoms. The molecule has 0 fully saturated rings. The van der Waals surface area contributed by atoms with Crippen molar-refractivity contribution in [1.82, 2.24) is 5.32 Å². The van der Waals surface area contributed by atoms with Crippen molar-refractivity contribution in [3.8, 4) is 23.3 Å². The lowest BCUT2D eigenvalue weighted by Crippen LogP contribution is -2.19. The lowest BCUT2D eigenvalue weighted by atomic mass is 10.2. The summed E-state index contributed by atoms with van der Waals surface area (Å²) in [5.41, 5.74) is 1.09. The van der Waals surface area contributed by atoms with E-state index in [1.165, 1.54) is 0 Å². The number of rotatable bonds is 10. The number of benzene rings is 1. The molecule has 0 saturated heterocycles. The SMILES string of the molecule is CC#CCOc1cc(OCCC)ccc1CNCCOC. The van der Waals surface area contributed by atoms with Crippen LogP contribution in [0.15, 0.2) is 18.2 Å². The molecular weight excluding hydrogens is 266 g/mol. The highest BCUT2D eigenvalue weighted by Gasteiger charge is 2.06. The average molecular weight is 291 g/mol. The summed E-state index contributed by atoms with van der Waals surface area (Å²) in [5, 5.41) is 3.31. The molecule has 1 aromatic rings. The molecule has 0 aliphatic carbocycles. The second-order valence-corrected chi connectivity index (χ2v) is 4.50. The molecule has 21 heavy (non-hydrogen) atoms. The van der Waals surface area contributed by atoms with Crippen molar-refractivity contribution in [2.24, 2.45) is 0 Å². The van der Waals surface area contributed by atoms with Crippen LogP contribution in [-0.4, -0.2) is 33.5 Å². The van der Waals surface area contributed by atoms with E-state index in [1.54, 1.807) is 14.0 Å². The largest absolute Gasteiger partial charge is 0.493 e. The van der Waals surface area contributed by atoms with Crippen LogP contribution in [0.3, 0.4) is 0 Å². The summed E-state index contributed by atoms with van der Waals surface area (Å²) in [7, 11) is 1.69. The van der Waals surface area contributed by atoms with E-state index in [4.69, 9.17) is 14.2 Å². The molecule has 0 spiro atoms. The van der Waals surface area contributed by atoms with Gasteiger partial charge in [0.15, 0.2) is 0 Å². The summed E-state index contributed by atoms with van der Waals surface area (Å²) in [6.07, 6.45) is 0.984. The molecule has 0 atom stereocenters. The van der Waals surface area contributed by atoms with Gasteiger partial charge in [0, 0.05) is 31.8 Å². The molecule has 4 heteroatoms. The van der Waals surface area contributed by atoms with E-state index in [0.717, 1.165) is 36.6 Å². The molecule has 1 aromatic carbocycles. The van der Waals surface area contributed by atoms with Gasteiger partial charge in [0.05, 0.1) is 13.2 Å². The molecule has 116 valence electrons. The molecular formula is C17H25NO3. The average Bonchev–Trinajstić information content (AvgIpc) is 2.51. The predicted octanol–water partition coefficient (Wildman–Crippen LogP) is 2.61. The Hall–Kier alpha value is -1.70. The fourth-order valence-electron chi connectivity index (χ4n) is 1.71. The van der Waals surface area contributed by atoms with E-state index < -0.39 is 0 Å². The molecule has 0 aliphatic heterocycles. The first-order valence-corrected chi connectivity index (χ1v) is 7.29. The molecule has 4 nitrogen and oxygen atoms in total. The van der Waals surface area contributed by atoms with Crippen molar-refractivity contribution in [1.29, 1.82) is 0 Å². The lowest BCUT2D eigenvalue weighted by molar-refractivity contribution is 0.199. The van der Waals surface area contributed by atoms with E-state index in [0.29, 0.717) is 19.8 Å². The van der Waals surface area contributed by atoms with Gasteiger partial charge in [-0.25, -0.2) is 0 Å². The number of ether oxygens (including phenoxy) is 3. The summed E-state index contributed by atoms with van der Waals surface area (Å²) in [4.78, 5) is 0. The van der Waals surface area contributed by atoms with Gasteiger partial charge >= 0.3 is 0 Å². The van der Waals surface area contributed by atoms with Crippen LogP contribution in [0, 0.1) is 11.8 Å². The molecule has 0 unspecified atom stereocenters. The Morgan fingerprint density at radius 1 is 1.19 bits per heavy atom. The standard InChI is InChI=1S/C17H25NO3/c1-4-6-11-21-17-13-16(20-10-5-2)8-7-15(17)14-18-9-12-19-3/h7-8,13,18H,5,9-12,14H2,1-3H3. The highest BCUT2D eigenvalue weighted by Crippen LogP contribution is 2.25. The third-order valence-electron chi connectivity index (χ3n) is 2.79. The minimum Gasteiger partial charge on any atom is -0.493 e. The number of nitrogens with one attached hydrogen (secondary N) is 1. The first-order valence-electron chi connectivity index (χ1n) is 7.29. The molecule has 0 aromatic heterocycles. The highest BCUT2D eigenvalue weighted by molar-refractivity contribution is 5.41. The molecule has 0 aliphatic rings. The van der Waals surface area contributed by atoms with Crippen molar-refractivity contribution in [3.05, 3.63) is 23.8 Å². The van der Waals surface area contributed by atoms with Crippen molar-refractivity contribution in [3.63, 3.8) is 0 Å². The first kappa shape index (κ1) is 17.4. The van der Waals surface area contributed by atoms with Crippen LogP contribution in [0.4, 0.5) is 0 Å². The Morgan fingerprint density at radius 2 is 2.05 bits per heavy atom. The predicted molar refractivity (Wildman–Crippen MR) is 84.8 cm³/mol. The summed E-state index contributed by atoms with van der Waals surface area (Å²) in [6, 6.07) is 5.93. The quantitative estimate of drug-likeness (QED) is 0.531. The van der Waals surface area contributed by atoms with Gasteiger partial charge in [-0.3, -0.25) is 0 Å². The van der Waals surface area contributed by atoms with Gasteiger partial charge in [0.2, 0.25) is 0 Å². The van der Waals surface area contributed by atoms with Gasteiger partial charge in [-0.15, -0.1) is 5.92 Å². The van der Waals surface area contributed by atoms with Crippen LogP contribution < -0.4 is 14.8 Å². The molecule has 0 amide bonds. The second kappa shape index (κ2) is 11.0. The summed E-state index contributed by atoms with van der Waals surface area (Å²) >= 11 is 0. The lowest BCUT2D eigenvalue weighted by Gasteiger charge is -2.13. The van der Waals surface area contributed by atoms with E-state index in [2.05, 4.69) is 24.1 Å². The van der Waals surface area contributed by atoms with Gasteiger partial charge in [-0.05, 0) is 19.4 Å². The Morgan fingerprint density at radius 3 is 2.76 bits per heavy atom. The number of hydrogen-bond donors (Lipinski definition) is 1. The van der Waals surface area contributed by atoms with Gasteiger partial charge in [0.25, 0.3) is 0 Å². The molecule has 0 saturated carbocycles. The number of methoxy groups -OCH3 is 1. The minimum absolute atomic E-state index is 0.388. The van der Waals surface area contributed by atoms with E-state index in [-0.39, 0.29) is 0 Å². The Labute approximate surface area is 127 Å². The molecule has 0 radical (unpaired) electrons. The van der Waals surface area contributed by atoms with Crippen LogP contribution in [0.5, 0.6) is 11.5 Å².